The van der Waals surface area contributed by atoms with E-state index in [2.05, 4.69) is 11.9 Å². The number of amides is 1. The Labute approximate surface area is 118 Å². The minimum atomic E-state index is -0.871. The third-order valence-corrected chi connectivity index (χ3v) is 4.06. The summed E-state index contributed by atoms with van der Waals surface area (Å²) in [6, 6.07) is 0. The van der Waals surface area contributed by atoms with Crippen molar-refractivity contribution in [3.8, 4) is 0 Å². The van der Waals surface area contributed by atoms with Crippen LogP contribution in [0.5, 0.6) is 0 Å². The number of allylic oxidation sites excluding steroid dienone is 2. The highest BCUT2D eigenvalue weighted by atomic mass is 16.5. The maximum Gasteiger partial charge on any atom is 0.307 e. The van der Waals surface area contributed by atoms with Gasteiger partial charge in [-0.1, -0.05) is 18.2 Å². The summed E-state index contributed by atoms with van der Waals surface area (Å²) in [5, 5.41) is 12.1. The highest BCUT2D eigenvalue weighted by Gasteiger charge is 2.51. The maximum atomic E-state index is 12.2. The fraction of sp³-hybridized carbons (Fsp3) is 0.600. The Morgan fingerprint density at radius 3 is 2.65 bits per heavy atom. The number of carboxylic acids is 1. The molecule has 0 radical (unpaired) electrons. The molecule has 2 rings (SSSR count). The van der Waals surface area contributed by atoms with Crippen molar-refractivity contribution in [3.05, 3.63) is 24.8 Å². The minimum Gasteiger partial charge on any atom is -0.481 e. The number of carbonyl (C=O) groups is 2. The highest BCUT2D eigenvalue weighted by molar-refractivity contribution is 5.86. The molecule has 4 unspecified atom stereocenters. The van der Waals surface area contributed by atoms with Gasteiger partial charge < -0.3 is 15.2 Å². The van der Waals surface area contributed by atoms with E-state index in [1.54, 1.807) is 6.08 Å². The van der Waals surface area contributed by atoms with Crippen molar-refractivity contribution >= 4 is 11.9 Å². The summed E-state index contributed by atoms with van der Waals surface area (Å²) in [7, 11) is 0. The highest BCUT2D eigenvalue weighted by Crippen LogP contribution is 2.48. The van der Waals surface area contributed by atoms with E-state index < -0.39 is 17.8 Å². The molecule has 4 atom stereocenters. The molecule has 5 nitrogen and oxygen atoms in total. The van der Waals surface area contributed by atoms with E-state index in [9.17, 15) is 14.7 Å². The Balaban J connectivity index is 1.78. The van der Waals surface area contributed by atoms with Crippen LogP contribution in [0.1, 0.15) is 12.8 Å². The van der Waals surface area contributed by atoms with Gasteiger partial charge in [0.05, 0.1) is 25.0 Å². The Hall–Kier alpha value is -1.62. The van der Waals surface area contributed by atoms with Crippen LogP contribution >= 0.6 is 0 Å². The first-order valence-electron chi connectivity index (χ1n) is 7.02. The molecule has 110 valence electrons. The normalized spacial score (nSPS) is 30.4. The molecule has 2 N–H and O–H groups in total. The van der Waals surface area contributed by atoms with Gasteiger partial charge >= 0.3 is 5.97 Å². The lowest BCUT2D eigenvalue weighted by Crippen LogP contribution is -2.41. The van der Waals surface area contributed by atoms with Gasteiger partial charge in [-0.2, -0.15) is 0 Å². The second kappa shape index (κ2) is 6.70. The summed E-state index contributed by atoms with van der Waals surface area (Å²) in [5.41, 5.74) is 0. The van der Waals surface area contributed by atoms with E-state index in [1.807, 2.05) is 12.2 Å². The molecule has 0 heterocycles. The summed E-state index contributed by atoms with van der Waals surface area (Å²) >= 11 is 0. The van der Waals surface area contributed by atoms with Gasteiger partial charge in [0.15, 0.2) is 0 Å². The first-order chi connectivity index (χ1) is 9.65. The predicted molar refractivity (Wildman–Crippen MR) is 74.0 cm³/mol. The Kier molecular flexibility index (Phi) is 4.95. The number of fused-ring (bicyclic) bond motifs is 2. The first-order valence-corrected chi connectivity index (χ1v) is 7.02. The molecule has 2 aliphatic carbocycles. The van der Waals surface area contributed by atoms with Crippen molar-refractivity contribution in [2.75, 3.05) is 19.8 Å². The van der Waals surface area contributed by atoms with E-state index in [0.717, 1.165) is 12.8 Å². The van der Waals surface area contributed by atoms with Gasteiger partial charge in [0.2, 0.25) is 5.91 Å². The van der Waals surface area contributed by atoms with Crippen LogP contribution in [0.2, 0.25) is 0 Å². The number of hydrogen-bond acceptors (Lipinski definition) is 3. The van der Waals surface area contributed by atoms with E-state index in [-0.39, 0.29) is 17.7 Å². The Morgan fingerprint density at radius 2 is 2.00 bits per heavy atom. The number of aliphatic carboxylic acids is 1. The number of carboxylic acid groups (broad SMARTS) is 1. The van der Waals surface area contributed by atoms with Crippen LogP contribution in [-0.4, -0.2) is 36.7 Å². The van der Waals surface area contributed by atoms with Crippen LogP contribution < -0.4 is 5.32 Å². The molecule has 5 heteroatoms. The average molecular weight is 279 g/mol. The molecule has 0 aromatic carbocycles. The van der Waals surface area contributed by atoms with E-state index in [4.69, 9.17) is 4.74 Å². The molecule has 0 saturated heterocycles. The summed E-state index contributed by atoms with van der Waals surface area (Å²) in [4.78, 5) is 23.5. The zero-order chi connectivity index (χ0) is 14.5. The molecule has 20 heavy (non-hydrogen) atoms. The molecule has 1 fully saturated rings. The summed E-state index contributed by atoms with van der Waals surface area (Å²) in [5.74, 6) is -1.96. The Morgan fingerprint density at radius 1 is 1.30 bits per heavy atom. The van der Waals surface area contributed by atoms with Crippen molar-refractivity contribution in [1.29, 1.82) is 0 Å². The molecule has 0 spiro atoms. The van der Waals surface area contributed by atoms with Gasteiger partial charge in [0.25, 0.3) is 0 Å². The molecule has 0 aromatic heterocycles. The average Bonchev–Trinajstić information content (AvgIpc) is 3.02. The van der Waals surface area contributed by atoms with E-state index in [1.165, 1.54) is 0 Å². The SMILES string of the molecule is C=CCCOCCNC(=O)C1C2C=CC(C2)C1C(=O)O. The van der Waals surface area contributed by atoms with Gasteiger partial charge in [-0.25, -0.2) is 0 Å². The number of nitrogens with one attached hydrogen (secondary N) is 1. The van der Waals surface area contributed by atoms with Crippen LogP contribution in [0, 0.1) is 23.7 Å². The molecule has 2 aliphatic rings. The second-order valence-electron chi connectivity index (χ2n) is 5.32. The van der Waals surface area contributed by atoms with Crippen LogP contribution in [0.15, 0.2) is 24.8 Å². The number of hydrogen-bond donors (Lipinski definition) is 2. The minimum absolute atomic E-state index is 0.0112. The number of carbonyl (C=O) groups excluding carboxylic acids is 1. The molecule has 2 bridgehead atoms. The topological polar surface area (TPSA) is 75.6 Å². The Bertz CT molecular complexity index is 418. The molecule has 0 aromatic rings. The smallest absolute Gasteiger partial charge is 0.307 e. The second-order valence-corrected chi connectivity index (χ2v) is 5.32. The zero-order valence-electron chi connectivity index (χ0n) is 11.5. The molecule has 1 amide bonds. The van der Waals surface area contributed by atoms with Gasteiger partial charge in [-0.15, -0.1) is 6.58 Å². The van der Waals surface area contributed by atoms with E-state index in [0.29, 0.717) is 19.8 Å². The van der Waals surface area contributed by atoms with Gasteiger partial charge in [0, 0.05) is 6.54 Å². The lowest BCUT2D eigenvalue weighted by molar-refractivity contribution is -0.147. The van der Waals surface area contributed by atoms with Crippen molar-refractivity contribution in [2.45, 2.75) is 12.8 Å². The van der Waals surface area contributed by atoms with Gasteiger partial charge in [-0.3, -0.25) is 9.59 Å². The number of ether oxygens (including phenoxy) is 1. The fourth-order valence-electron chi connectivity index (χ4n) is 3.15. The third-order valence-electron chi connectivity index (χ3n) is 4.06. The predicted octanol–water partition coefficient (Wildman–Crippen LogP) is 1.22. The standard InChI is InChI=1S/C15H21NO4/c1-2-3-7-20-8-6-16-14(17)12-10-4-5-11(9-10)13(12)15(18)19/h2,4-5,10-13H,1,3,6-9H2,(H,16,17)(H,18,19). The van der Waals surface area contributed by atoms with Gasteiger partial charge in [-0.05, 0) is 24.7 Å². The van der Waals surface area contributed by atoms with Crippen molar-refractivity contribution in [3.63, 3.8) is 0 Å². The number of rotatable bonds is 8. The van der Waals surface area contributed by atoms with Gasteiger partial charge in [0.1, 0.15) is 0 Å². The van der Waals surface area contributed by atoms with Crippen molar-refractivity contribution in [1.82, 2.24) is 5.32 Å². The molecule has 1 saturated carbocycles. The van der Waals surface area contributed by atoms with Crippen LogP contribution in [0.4, 0.5) is 0 Å². The molecular formula is C15H21NO4. The summed E-state index contributed by atoms with van der Waals surface area (Å²) in [6.07, 6.45) is 7.26. The zero-order valence-corrected chi connectivity index (χ0v) is 11.5. The lowest BCUT2D eigenvalue weighted by atomic mass is 9.82. The van der Waals surface area contributed by atoms with E-state index >= 15 is 0 Å². The largest absolute Gasteiger partial charge is 0.481 e. The quantitative estimate of drug-likeness (QED) is 0.517. The van der Waals surface area contributed by atoms with Crippen LogP contribution in [0.25, 0.3) is 0 Å². The van der Waals surface area contributed by atoms with Crippen molar-refractivity contribution in [2.24, 2.45) is 23.7 Å². The molecular weight excluding hydrogens is 258 g/mol. The molecule has 0 aliphatic heterocycles. The third kappa shape index (κ3) is 3.10. The van der Waals surface area contributed by atoms with Crippen LogP contribution in [-0.2, 0) is 14.3 Å². The summed E-state index contributed by atoms with van der Waals surface area (Å²) < 4.78 is 5.31. The van der Waals surface area contributed by atoms with Crippen molar-refractivity contribution < 1.29 is 19.4 Å². The summed E-state index contributed by atoms with van der Waals surface area (Å²) in [6.45, 7) is 5.04. The first kappa shape index (κ1) is 14.8. The van der Waals surface area contributed by atoms with Crippen LogP contribution in [0.3, 0.4) is 0 Å². The lowest BCUT2D eigenvalue weighted by Gasteiger charge is -2.23. The maximum absolute atomic E-state index is 12.2. The fourth-order valence-corrected chi connectivity index (χ4v) is 3.15. The monoisotopic (exact) mass is 279 g/mol.